The molecule has 1 amide bonds. The maximum Gasteiger partial charge on any atom is 0.223 e. The predicted molar refractivity (Wildman–Crippen MR) is 83.2 cm³/mol. The molecule has 0 aromatic heterocycles. The van der Waals surface area contributed by atoms with E-state index in [4.69, 9.17) is 0 Å². The van der Waals surface area contributed by atoms with Gasteiger partial charge >= 0.3 is 0 Å². The van der Waals surface area contributed by atoms with Crippen LogP contribution in [0.2, 0.25) is 0 Å². The van der Waals surface area contributed by atoms with Gasteiger partial charge in [-0.1, -0.05) is 11.8 Å². The molecule has 5 heteroatoms. The van der Waals surface area contributed by atoms with E-state index in [9.17, 15) is 9.59 Å². The van der Waals surface area contributed by atoms with E-state index < -0.39 is 0 Å². The van der Waals surface area contributed by atoms with Crippen molar-refractivity contribution in [2.24, 2.45) is 0 Å². The summed E-state index contributed by atoms with van der Waals surface area (Å²) in [5.41, 5.74) is 1.91. The fourth-order valence-corrected chi connectivity index (χ4v) is 3.28. The molecule has 0 saturated heterocycles. The Bertz CT molecular complexity index is 596. The second-order valence-electron chi connectivity index (χ2n) is 4.67. The summed E-state index contributed by atoms with van der Waals surface area (Å²) >= 11 is 1.59. The van der Waals surface area contributed by atoms with Crippen molar-refractivity contribution < 1.29 is 9.59 Å². The number of thioether (sulfide) groups is 1. The first-order valence-electron chi connectivity index (χ1n) is 6.50. The molecule has 1 aromatic rings. The van der Waals surface area contributed by atoms with Crippen molar-refractivity contribution in [1.82, 2.24) is 0 Å². The van der Waals surface area contributed by atoms with Crippen LogP contribution >= 0.6 is 11.8 Å². The fraction of sp³-hybridized carbons (Fsp3) is 0.333. The number of anilines is 2. The van der Waals surface area contributed by atoms with E-state index in [0.717, 1.165) is 27.8 Å². The van der Waals surface area contributed by atoms with Gasteiger partial charge in [-0.05, 0) is 32.0 Å². The zero-order valence-corrected chi connectivity index (χ0v) is 13.0. The molecule has 0 spiro atoms. The SMILES string of the molecule is CCN1C(=CC(C)=O)Sc2ccc(N(C)C(C)=O)cc21. The summed E-state index contributed by atoms with van der Waals surface area (Å²) in [5, 5.41) is 0.942. The van der Waals surface area contributed by atoms with Crippen LogP contribution in [0.15, 0.2) is 34.2 Å². The lowest BCUT2D eigenvalue weighted by atomic mass is 10.2. The highest BCUT2D eigenvalue weighted by atomic mass is 32.2. The van der Waals surface area contributed by atoms with Gasteiger partial charge in [-0.3, -0.25) is 9.59 Å². The molecule has 1 aromatic carbocycles. The van der Waals surface area contributed by atoms with Gasteiger partial charge in [0, 0.05) is 37.2 Å². The van der Waals surface area contributed by atoms with Gasteiger partial charge in [0.05, 0.1) is 10.7 Å². The number of rotatable bonds is 3. The molecule has 106 valence electrons. The maximum absolute atomic E-state index is 11.5. The summed E-state index contributed by atoms with van der Waals surface area (Å²) < 4.78 is 0. The van der Waals surface area contributed by atoms with Crippen molar-refractivity contribution in [3.8, 4) is 0 Å². The van der Waals surface area contributed by atoms with E-state index in [0.29, 0.717) is 0 Å². The Labute approximate surface area is 123 Å². The van der Waals surface area contributed by atoms with Crippen molar-refractivity contribution in [3.05, 3.63) is 29.3 Å². The first kappa shape index (κ1) is 14.7. The van der Waals surface area contributed by atoms with E-state index in [1.807, 2.05) is 25.1 Å². The Morgan fingerprint density at radius 1 is 1.35 bits per heavy atom. The lowest BCUT2D eigenvalue weighted by Gasteiger charge is -2.20. The normalized spacial score (nSPS) is 15.4. The minimum Gasteiger partial charge on any atom is -0.335 e. The summed E-state index contributed by atoms with van der Waals surface area (Å²) in [6.45, 7) is 5.93. The monoisotopic (exact) mass is 290 g/mol. The highest BCUT2D eigenvalue weighted by Gasteiger charge is 2.25. The molecule has 0 fully saturated rings. The number of benzene rings is 1. The standard InChI is InChI=1S/C15H18N2O2S/c1-5-17-13-9-12(16(4)11(3)19)6-7-14(13)20-15(17)8-10(2)18/h6-9H,5H2,1-4H3. The zero-order valence-electron chi connectivity index (χ0n) is 12.1. The molecular weight excluding hydrogens is 272 g/mol. The van der Waals surface area contributed by atoms with Crippen molar-refractivity contribution >= 4 is 34.8 Å². The van der Waals surface area contributed by atoms with Gasteiger partial charge in [-0.15, -0.1) is 0 Å². The van der Waals surface area contributed by atoms with Gasteiger partial charge in [-0.2, -0.15) is 0 Å². The number of hydrogen-bond acceptors (Lipinski definition) is 4. The quantitative estimate of drug-likeness (QED) is 0.802. The van der Waals surface area contributed by atoms with Gasteiger partial charge in [-0.25, -0.2) is 0 Å². The Kier molecular flexibility index (Phi) is 4.18. The number of hydrogen-bond donors (Lipinski definition) is 0. The first-order valence-corrected chi connectivity index (χ1v) is 7.31. The molecule has 0 radical (unpaired) electrons. The zero-order chi connectivity index (χ0) is 14.9. The maximum atomic E-state index is 11.5. The number of allylic oxidation sites excluding steroid dienone is 1. The molecule has 0 N–H and O–H groups in total. The van der Waals surface area contributed by atoms with Crippen LogP contribution in [0.4, 0.5) is 11.4 Å². The molecule has 4 nitrogen and oxygen atoms in total. The minimum atomic E-state index is -0.00171. The number of fused-ring (bicyclic) bond motifs is 1. The van der Waals surface area contributed by atoms with E-state index in [1.165, 1.54) is 0 Å². The predicted octanol–water partition coefficient (Wildman–Crippen LogP) is 3.03. The summed E-state index contributed by atoms with van der Waals surface area (Å²) in [6.07, 6.45) is 1.66. The smallest absolute Gasteiger partial charge is 0.223 e. The molecule has 0 unspecified atom stereocenters. The molecular formula is C15H18N2O2S. The van der Waals surface area contributed by atoms with E-state index >= 15 is 0 Å². The Hall–Kier alpha value is -1.75. The van der Waals surface area contributed by atoms with Crippen LogP contribution in [0, 0.1) is 0 Å². The topological polar surface area (TPSA) is 40.6 Å². The molecule has 1 heterocycles. The molecule has 0 saturated carbocycles. The van der Waals surface area contributed by atoms with Crippen molar-refractivity contribution in [2.75, 3.05) is 23.4 Å². The number of amides is 1. The summed E-state index contributed by atoms with van der Waals surface area (Å²) in [5.74, 6) is 0.0398. The largest absolute Gasteiger partial charge is 0.335 e. The summed E-state index contributed by atoms with van der Waals surface area (Å²) in [6, 6.07) is 5.92. The Morgan fingerprint density at radius 3 is 2.60 bits per heavy atom. The number of nitrogens with zero attached hydrogens (tertiary/aromatic N) is 2. The second kappa shape index (κ2) is 5.71. The van der Waals surface area contributed by atoms with Gasteiger partial charge in [0.25, 0.3) is 0 Å². The van der Waals surface area contributed by atoms with Crippen LogP contribution in [0.25, 0.3) is 0 Å². The van der Waals surface area contributed by atoms with Crippen LogP contribution in [0.3, 0.4) is 0 Å². The fourth-order valence-electron chi connectivity index (χ4n) is 2.09. The van der Waals surface area contributed by atoms with Crippen LogP contribution < -0.4 is 9.80 Å². The summed E-state index contributed by atoms with van der Waals surface area (Å²) in [4.78, 5) is 27.6. The highest BCUT2D eigenvalue weighted by Crippen LogP contribution is 2.47. The van der Waals surface area contributed by atoms with Gasteiger partial charge in [0.2, 0.25) is 5.91 Å². The summed E-state index contributed by atoms with van der Waals surface area (Å²) in [7, 11) is 1.76. The number of ketones is 1. The van der Waals surface area contributed by atoms with Crippen molar-refractivity contribution in [2.45, 2.75) is 25.7 Å². The third-order valence-electron chi connectivity index (χ3n) is 3.22. The van der Waals surface area contributed by atoms with Gasteiger partial charge < -0.3 is 9.80 Å². The minimum absolute atomic E-state index is 0.00171. The highest BCUT2D eigenvalue weighted by molar-refractivity contribution is 8.03. The Morgan fingerprint density at radius 2 is 2.05 bits per heavy atom. The number of carbonyl (C=O) groups excluding carboxylic acids is 2. The average Bonchev–Trinajstić information content (AvgIpc) is 2.72. The molecule has 0 bridgehead atoms. The molecule has 1 aliphatic rings. The third-order valence-corrected chi connectivity index (χ3v) is 4.33. The van der Waals surface area contributed by atoms with Crippen LogP contribution in [0.1, 0.15) is 20.8 Å². The van der Waals surface area contributed by atoms with E-state index in [-0.39, 0.29) is 11.7 Å². The molecule has 0 atom stereocenters. The third kappa shape index (κ3) is 2.72. The van der Waals surface area contributed by atoms with Gasteiger partial charge in [0.15, 0.2) is 5.78 Å². The van der Waals surface area contributed by atoms with Gasteiger partial charge in [0.1, 0.15) is 0 Å². The molecule has 20 heavy (non-hydrogen) atoms. The molecule has 2 rings (SSSR count). The lowest BCUT2D eigenvalue weighted by molar-refractivity contribution is -0.116. The first-order chi connectivity index (χ1) is 9.43. The lowest BCUT2D eigenvalue weighted by Crippen LogP contribution is -2.23. The number of carbonyl (C=O) groups is 2. The Balaban J connectivity index is 2.42. The average molecular weight is 290 g/mol. The second-order valence-corrected chi connectivity index (χ2v) is 5.73. The van der Waals surface area contributed by atoms with Crippen molar-refractivity contribution in [1.29, 1.82) is 0 Å². The van der Waals surface area contributed by atoms with Crippen LogP contribution in [-0.4, -0.2) is 25.3 Å². The molecule has 1 aliphatic heterocycles. The van der Waals surface area contributed by atoms with Crippen LogP contribution in [-0.2, 0) is 9.59 Å². The van der Waals surface area contributed by atoms with E-state index in [2.05, 4.69) is 4.90 Å². The van der Waals surface area contributed by atoms with E-state index in [1.54, 1.807) is 43.6 Å². The van der Waals surface area contributed by atoms with Crippen LogP contribution in [0.5, 0.6) is 0 Å². The molecule has 0 aliphatic carbocycles. The van der Waals surface area contributed by atoms with Crippen molar-refractivity contribution in [3.63, 3.8) is 0 Å².